The highest BCUT2D eigenvalue weighted by atomic mass is 16.4. The lowest BCUT2D eigenvalue weighted by atomic mass is 10.0. The predicted octanol–water partition coefficient (Wildman–Crippen LogP) is 3.78. The van der Waals surface area contributed by atoms with Crippen molar-refractivity contribution >= 4 is 16.9 Å². The van der Waals surface area contributed by atoms with Crippen LogP contribution in [0, 0.1) is 13.8 Å². The highest BCUT2D eigenvalue weighted by Crippen LogP contribution is 2.28. The number of carboxylic acid groups (broad SMARTS) is 1. The van der Waals surface area contributed by atoms with Gasteiger partial charge in [-0.05, 0) is 31.5 Å². The Morgan fingerprint density at radius 1 is 1.09 bits per heavy atom. The molecule has 0 aliphatic rings. The third-order valence-corrected chi connectivity index (χ3v) is 3.63. The van der Waals surface area contributed by atoms with Gasteiger partial charge < -0.3 is 9.52 Å². The number of aryl methyl sites for hydroxylation is 1. The van der Waals surface area contributed by atoms with Crippen LogP contribution in [0.1, 0.15) is 21.5 Å². The van der Waals surface area contributed by atoms with Gasteiger partial charge in [0, 0.05) is 11.1 Å². The summed E-state index contributed by atoms with van der Waals surface area (Å²) >= 11 is 0. The van der Waals surface area contributed by atoms with Gasteiger partial charge in [-0.1, -0.05) is 30.3 Å². The molecule has 3 aromatic rings. The number of fused-ring (bicyclic) bond motifs is 1. The van der Waals surface area contributed by atoms with E-state index in [-0.39, 0.29) is 16.6 Å². The summed E-state index contributed by atoms with van der Waals surface area (Å²) in [4.78, 5) is 24.0. The average molecular weight is 294 g/mol. The molecular weight excluding hydrogens is 280 g/mol. The minimum absolute atomic E-state index is 0.00396. The van der Waals surface area contributed by atoms with Gasteiger partial charge in [0.15, 0.2) is 11.0 Å². The molecule has 0 spiro atoms. The molecule has 4 nitrogen and oxygen atoms in total. The van der Waals surface area contributed by atoms with E-state index in [1.165, 1.54) is 6.07 Å². The van der Waals surface area contributed by atoms with Gasteiger partial charge in [0.1, 0.15) is 11.3 Å². The van der Waals surface area contributed by atoms with E-state index in [1.807, 2.05) is 30.3 Å². The molecule has 2 aromatic carbocycles. The second-order valence-corrected chi connectivity index (χ2v) is 5.25. The van der Waals surface area contributed by atoms with Crippen molar-refractivity contribution in [3.8, 4) is 11.3 Å². The number of aromatic carboxylic acids is 1. The van der Waals surface area contributed by atoms with Gasteiger partial charge in [-0.2, -0.15) is 0 Å². The van der Waals surface area contributed by atoms with Gasteiger partial charge in [-0.15, -0.1) is 0 Å². The van der Waals surface area contributed by atoms with Crippen molar-refractivity contribution in [1.82, 2.24) is 0 Å². The van der Waals surface area contributed by atoms with Gasteiger partial charge in [-0.25, -0.2) is 4.79 Å². The van der Waals surface area contributed by atoms with Crippen molar-refractivity contribution in [3.05, 3.63) is 69.4 Å². The van der Waals surface area contributed by atoms with Crippen molar-refractivity contribution in [2.45, 2.75) is 13.8 Å². The van der Waals surface area contributed by atoms with Crippen LogP contribution in [-0.2, 0) is 0 Å². The van der Waals surface area contributed by atoms with E-state index in [1.54, 1.807) is 19.9 Å². The largest absolute Gasteiger partial charge is 0.478 e. The Hall–Kier alpha value is -2.88. The summed E-state index contributed by atoms with van der Waals surface area (Å²) in [5, 5.41) is 9.67. The zero-order valence-corrected chi connectivity index (χ0v) is 12.2. The Morgan fingerprint density at radius 3 is 2.41 bits per heavy atom. The van der Waals surface area contributed by atoms with Gasteiger partial charge >= 0.3 is 5.97 Å². The van der Waals surface area contributed by atoms with Crippen LogP contribution in [0.2, 0.25) is 0 Å². The quantitative estimate of drug-likeness (QED) is 0.781. The first kappa shape index (κ1) is 14.1. The van der Waals surface area contributed by atoms with E-state index in [4.69, 9.17) is 4.42 Å². The van der Waals surface area contributed by atoms with Crippen molar-refractivity contribution < 1.29 is 14.3 Å². The number of rotatable bonds is 2. The first-order chi connectivity index (χ1) is 10.5. The molecule has 0 atom stereocenters. The Kier molecular flexibility index (Phi) is 3.29. The lowest BCUT2D eigenvalue weighted by Crippen LogP contribution is -2.10. The SMILES string of the molecule is Cc1cc(C(=O)O)c2oc(-c3ccccc3)c(C)c(=O)c2c1. The number of carbonyl (C=O) groups is 1. The molecule has 1 aromatic heterocycles. The van der Waals surface area contributed by atoms with Gasteiger partial charge in [0.2, 0.25) is 0 Å². The second kappa shape index (κ2) is 5.15. The first-order valence-corrected chi connectivity index (χ1v) is 6.86. The molecular formula is C18H14O4. The molecule has 4 heteroatoms. The number of hydrogen-bond donors (Lipinski definition) is 1. The fourth-order valence-electron chi connectivity index (χ4n) is 2.56. The Bertz CT molecular complexity index is 937. The molecule has 0 saturated heterocycles. The van der Waals surface area contributed by atoms with Crippen LogP contribution in [0.15, 0.2) is 51.7 Å². The molecule has 0 saturated carbocycles. The van der Waals surface area contributed by atoms with E-state index in [2.05, 4.69) is 0 Å². The van der Waals surface area contributed by atoms with Crippen molar-refractivity contribution in [1.29, 1.82) is 0 Å². The second-order valence-electron chi connectivity index (χ2n) is 5.25. The molecule has 0 aliphatic carbocycles. The number of hydrogen-bond acceptors (Lipinski definition) is 3. The maximum absolute atomic E-state index is 12.6. The molecule has 0 fully saturated rings. The summed E-state index contributed by atoms with van der Waals surface area (Å²) < 4.78 is 5.83. The topological polar surface area (TPSA) is 67.5 Å². The number of carboxylic acids is 1. The zero-order chi connectivity index (χ0) is 15.9. The molecule has 110 valence electrons. The molecule has 0 amide bonds. The molecule has 0 unspecified atom stereocenters. The molecule has 1 N–H and O–H groups in total. The molecule has 1 heterocycles. The van der Waals surface area contributed by atoms with Crippen LogP contribution in [0.25, 0.3) is 22.3 Å². The van der Waals surface area contributed by atoms with Crippen LogP contribution < -0.4 is 5.43 Å². The molecule has 3 rings (SSSR count). The molecule has 0 aliphatic heterocycles. The highest BCUT2D eigenvalue weighted by Gasteiger charge is 2.18. The standard InChI is InChI=1S/C18H14O4/c1-10-8-13-15(19)11(2)16(12-6-4-3-5-7-12)22-17(13)14(9-10)18(20)21/h3-9H,1-2H3,(H,20,21). The summed E-state index contributed by atoms with van der Waals surface area (Å²) in [6.45, 7) is 3.45. The van der Waals surface area contributed by atoms with Gasteiger partial charge in [-0.3, -0.25) is 4.79 Å². The first-order valence-electron chi connectivity index (χ1n) is 6.86. The monoisotopic (exact) mass is 294 g/mol. The fourth-order valence-corrected chi connectivity index (χ4v) is 2.56. The maximum Gasteiger partial charge on any atom is 0.339 e. The predicted molar refractivity (Wildman–Crippen MR) is 84.4 cm³/mol. The average Bonchev–Trinajstić information content (AvgIpc) is 2.51. The third kappa shape index (κ3) is 2.19. The maximum atomic E-state index is 12.6. The summed E-state index contributed by atoms with van der Waals surface area (Å²) in [7, 11) is 0. The van der Waals surface area contributed by atoms with Crippen LogP contribution in [0.3, 0.4) is 0 Å². The van der Waals surface area contributed by atoms with E-state index >= 15 is 0 Å². The normalized spacial score (nSPS) is 10.8. The lowest BCUT2D eigenvalue weighted by Gasteiger charge is -2.09. The Balaban J connectivity index is 2.46. The summed E-state index contributed by atoms with van der Waals surface area (Å²) in [6, 6.07) is 12.4. The molecule has 0 radical (unpaired) electrons. The van der Waals surface area contributed by atoms with Crippen molar-refractivity contribution in [2.75, 3.05) is 0 Å². The van der Waals surface area contributed by atoms with E-state index in [0.29, 0.717) is 22.3 Å². The van der Waals surface area contributed by atoms with Crippen molar-refractivity contribution in [3.63, 3.8) is 0 Å². The summed E-state index contributed by atoms with van der Waals surface area (Å²) in [5.41, 5.74) is 1.85. The van der Waals surface area contributed by atoms with Crippen LogP contribution in [-0.4, -0.2) is 11.1 Å². The smallest absolute Gasteiger partial charge is 0.339 e. The van der Waals surface area contributed by atoms with Crippen molar-refractivity contribution in [2.24, 2.45) is 0 Å². The van der Waals surface area contributed by atoms with Crippen LogP contribution in [0.4, 0.5) is 0 Å². The highest BCUT2D eigenvalue weighted by molar-refractivity contribution is 6.01. The number of benzene rings is 2. The molecule has 22 heavy (non-hydrogen) atoms. The van der Waals surface area contributed by atoms with Crippen LogP contribution in [0.5, 0.6) is 0 Å². The minimum atomic E-state index is -1.11. The Labute approximate surface area is 126 Å². The lowest BCUT2D eigenvalue weighted by molar-refractivity contribution is 0.0697. The summed E-state index contributed by atoms with van der Waals surface area (Å²) in [6.07, 6.45) is 0. The van der Waals surface area contributed by atoms with Crippen LogP contribution >= 0.6 is 0 Å². The summed E-state index contributed by atoms with van der Waals surface area (Å²) in [5.74, 6) is -0.704. The third-order valence-electron chi connectivity index (χ3n) is 3.63. The minimum Gasteiger partial charge on any atom is -0.478 e. The van der Waals surface area contributed by atoms with E-state index < -0.39 is 5.97 Å². The van der Waals surface area contributed by atoms with E-state index in [9.17, 15) is 14.7 Å². The zero-order valence-electron chi connectivity index (χ0n) is 12.2. The van der Waals surface area contributed by atoms with E-state index in [0.717, 1.165) is 5.56 Å². The fraction of sp³-hybridized carbons (Fsp3) is 0.111. The molecule has 0 bridgehead atoms. The Morgan fingerprint density at radius 2 is 1.77 bits per heavy atom. The van der Waals surface area contributed by atoms with Gasteiger partial charge in [0.25, 0.3) is 0 Å². The van der Waals surface area contributed by atoms with Gasteiger partial charge in [0.05, 0.1) is 5.39 Å².